The summed E-state index contributed by atoms with van der Waals surface area (Å²) in [7, 11) is 0. The van der Waals surface area contributed by atoms with Gasteiger partial charge >= 0.3 is 12.7 Å². The second-order valence-electron chi connectivity index (χ2n) is 8.97. The topological polar surface area (TPSA) is 111 Å². The summed E-state index contributed by atoms with van der Waals surface area (Å²) in [6.45, 7) is -1.33. The Kier molecular flexibility index (Phi) is 6.52. The van der Waals surface area contributed by atoms with Crippen LogP contribution in [0.25, 0.3) is 11.1 Å². The van der Waals surface area contributed by atoms with E-state index in [1.807, 2.05) is 0 Å². The number of hydrogen-bond donors (Lipinski definition) is 2. The molecule has 1 amide bonds. The fraction of sp³-hybridized carbons (Fsp3) is 0.292. The third-order valence-electron chi connectivity index (χ3n) is 6.41. The molecule has 0 unspecified atom stereocenters. The van der Waals surface area contributed by atoms with Crippen LogP contribution in [0.1, 0.15) is 36.4 Å². The van der Waals surface area contributed by atoms with Crippen molar-refractivity contribution in [2.45, 2.75) is 44.3 Å². The quantitative estimate of drug-likeness (QED) is 0.271. The second-order valence-corrected chi connectivity index (χ2v) is 8.97. The van der Waals surface area contributed by atoms with Crippen LogP contribution in [0.2, 0.25) is 0 Å². The standard InChI is InChI=1S/C24H19F6N7O2/c1-12-17(11-33-37(12)21(26)27)34-22-31-9-15(10-32-22)13-2-3-14(16(25)6-13)7-20(38)35-19-8-18(39-36-19)23(4-5-23)24(28,29)30/h2-3,6,8-11,21H,4-5,7H2,1H3,(H,31,32,34)(H,35,36,38). The number of carbonyl (C=O) groups excluding carboxylic acids is 1. The SMILES string of the molecule is Cc1c(Nc2ncc(-c3ccc(CC(=O)Nc4cc(C5(C(F)(F)F)CC5)on4)c(F)c3)cn2)cnn1C(F)F. The average molecular weight is 551 g/mol. The molecule has 0 bridgehead atoms. The number of benzene rings is 1. The van der Waals surface area contributed by atoms with Crippen LogP contribution >= 0.6 is 0 Å². The summed E-state index contributed by atoms with van der Waals surface area (Å²) in [5.41, 5.74) is -0.682. The lowest BCUT2D eigenvalue weighted by Gasteiger charge is -2.14. The molecular weight excluding hydrogens is 532 g/mol. The molecule has 3 aromatic heterocycles. The van der Waals surface area contributed by atoms with Crippen LogP contribution in [-0.2, 0) is 16.6 Å². The number of carbonyl (C=O) groups is 1. The van der Waals surface area contributed by atoms with Crippen molar-refractivity contribution < 1.29 is 35.7 Å². The Morgan fingerprint density at radius 2 is 1.85 bits per heavy atom. The maximum absolute atomic E-state index is 14.8. The lowest BCUT2D eigenvalue weighted by Crippen LogP contribution is -2.28. The lowest BCUT2D eigenvalue weighted by atomic mass is 10.0. The van der Waals surface area contributed by atoms with Crippen molar-refractivity contribution in [2.75, 3.05) is 10.6 Å². The van der Waals surface area contributed by atoms with Gasteiger partial charge in [0.05, 0.1) is 24.0 Å². The molecule has 1 saturated carbocycles. The summed E-state index contributed by atoms with van der Waals surface area (Å²) in [6.07, 6.45) is -1.10. The van der Waals surface area contributed by atoms with Gasteiger partial charge in [0.1, 0.15) is 11.2 Å². The van der Waals surface area contributed by atoms with Crippen LogP contribution in [0.15, 0.2) is 47.4 Å². The van der Waals surface area contributed by atoms with E-state index in [2.05, 4.69) is 30.9 Å². The van der Waals surface area contributed by atoms with Gasteiger partial charge in [0.25, 0.3) is 0 Å². The molecule has 1 fully saturated rings. The zero-order valence-electron chi connectivity index (χ0n) is 20.1. The Morgan fingerprint density at radius 3 is 2.44 bits per heavy atom. The molecule has 39 heavy (non-hydrogen) atoms. The first kappa shape index (κ1) is 26.2. The van der Waals surface area contributed by atoms with Crippen molar-refractivity contribution in [3.8, 4) is 11.1 Å². The number of nitrogens with one attached hydrogen (secondary N) is 2. The van der Waals surface area contributed by atoms with E-state index in [1.54, 1.807) is 6.07 Å². The zero-order valence-corrected chi connectivity index (χ0v) is 20.1. The lowest BCUT2D eigenvalue weighted by molar-refractivity contribution is -0.165. The molecule has 1 aromatic carbocycles. The second kappa shape index (κ2) is 9.71. The number of nitrogens with zero attached hydrogens (tertiary/aromatic N) is 5. The van der Waals surface area contributed by atoms with Crippen LogP contribution in [0.3, 0.4) is 0 Å². The normalized spacial score (nSPS) is 14.5. The van der Waals surface area contributed by atoms with Crippen LogP contribution in [0.4, 0.5) is 43.8 Å². The minimum Gasteiger partial charge on any atom is -0.358 e. The van der Waals surface area contributed by atoms with Gasteiger partial charge in [-0.1, -0.05) is 17.3 Å². The molecule has 0 radical (unpaired) electrons. The van der Waals surface area contributed by atoms with Gasteiger partial charge in [-0.05, 0) is 37.0 Å². The Bertz CT molecular complexity index is 1510. The molecule has 5 rings (SSSR count). The smallest absolute Gasteiger partial charge is 0.358 e. The molecule has 204 valence electrons. The first-order chi connectivity index (χ1) is 18.5. The molecule has 0 atom stereocenters. The number of alkyl halides is 5. The van der Waals surface area contributed by atoms with Crippen LogP contribution in [-0.4, -0.2) is 37.0 Å². The number of amides is 1. The minimum atomic E-state index is -4.49. The number of rotatable bonds is 8. The monoisotopic (exact) mass is 551 g/mol. The molecular formula is C24H19F6N7O2. The molecule has 0 spiro atoms. The van der Waals surface area contributed by atoms with Crippen LogP contribution in [0, 0.1) is 12.7 Å². The van der Waals surface area contributed by atoms with Gasteiger partial charge in [-0.15, -0.1) is 0 Å². The summed E-state index contributed by atoms with van der Waals surface area (Å²) in [5.74, 6) is -1.84. The highest BCUT2D eigenvalue weighted by atomic mass is 19.4. The van der Waals surface area contributed by atoms with Crippen LogP contribution < -0.4 is 10.6 Å². The average Bonchev–Trinajstić information content (AvgIpc) is 3.46. The minimum absolute atomic E-state index is 0.0413. The molecule has 0 saturated heterocycles. The van der Waals surface area contributed by atoms with Crippen molar-refractivity contribution in [1.82, 2.24) is 24.9 Å². The van der Waals surface area contributed by atoms with Gasteiger partial charge in [-0.3, -0.25) is 4.79 Å². The van der Waals surface area contributed by atoms with Gasteiger partial charge < -0.3 is 15.2 Å². The molecule has 9 nitrogen and oxygen atoms in total. The maximum Gasteiger partial charge on any atom is 0.401 e. The molecule has 15 heteroatoms. The largest absolute Gasteiger partial charge is 0.401 e. The highest BCUT2D eigenvalue weighted by Gasteiger charge is 2.66. The maximum atomic E-state index is 14.8. The molecule has 1 aliphatic rings. The number of anilines is 3. The van der Waals surface area contributed by atoms with E-state index in [9.17, 15) is 31.1 Å². The first-order valence-corrected chi connectivity index (χ1v) is 11.5. The van der Waals surface area contributed by atoms with Gasteiger partial charge in [0.2, 0.25) is 11.9 Å². The van der Waals surface area contributed by atoms with Crippen molar-refractivity contribution >= 4 is 23.4 Å². The number of aromatic nitrogens is 5. The molecule has 1 aliphatic carbocycles. The fourth-order valence-corrected chi connectivity index (χ4v) is 3.99. The number of halogens is 6. The summed E-state index contributed by atoms with van der Waals surface area (Å²) >= 11 is 0. The van der Waals surface area contributed by atoms with Crippen molar-refractivity contribution in [2.24, 2.45) is 0 Å². The van der Waals surface area contributed by atoms with E-state index in [4.69, 9.17) is 4.52 Å². The highest BCUT2D eigenvalue weighted by Crippen LogP contribution is 2.59. The van der Waals surface area contributed by atoms with Crippen LogP contribution in [0.5, 0.6) is 0 Å². The van der Waals surface area contributed by atoms with Gasteiger partial charge in [0.15, 0.2) is 11.6 Å². The predicted molar refractivity (Wildman–Crippen MR) is 125 cm³/mol. The van der Waals surface area contributed by atoms with Crippen molar-refractivity contribution in [3.05, 3.63) is 65.7 Å². The molecule has 3 heterocycles. The number of hydrogen-bond acceptors (Lipinski definition) is 7. The van der Waals surface area contributed by atoms with E-state index in [-0.39, 0.29) is 41.6 Å². The van der Waals surface area contributed by atoms with E-state index in [0.717, 1.165) is 6.07 Å². The zero-order chi connectivity index (χ0) is 27.9. The van der Waals surface area contributed by atoms with E-state index in [1.165, 1.54) is 37.6 Å². The van der Waals surface area contributed by atoms with E-state index >= 15 is 0 Å². The Balaban J connectivity index is 1.21. The van der Waals surface area contributed by atoms with E-state index in [0.29, 0.717) is 21.5 Å². The first-order valence-electron chi connectivity index (χ1n) is 11.5. The predicted octanol–water partition coefficient (Wildman–Crippen LogP) is 5.69. The Hall–Kier alpha value is -4.43. The van der Waals surface area contributed by atoms with Crippen molar-refractivity contribution in [1.29, 1.82) is 0 Å². The highest BCUT2D eigenvalue weighted by molar-refractivity contribution is 5.91. The van der Waals surface area contributed by atoms with E-state index < -0.39 is 36.3 Å². The Labute approximate surface area is 216 Å². The third kappa shape index (κ3) is 5.15. The van der Waals surface area contributed by atoms with Gasteiger partial charge in [0, 0.05) is 24.0 Å². The van der Waals surface area contributed by atoms with Crippen molar-refractivity contribution in [3.63, 3.8) is 0 Å². The molecule has 4 aromatic rings. The summed E-state index contributed by atoms with van der Waals surface area (Å²) < 4.78 is 85.6. The summed E-state index contributed by atoms with van der Waals surface area (Å²) in [6, 6.07) is 5.14. The molecule has 0 aliphatic heterocycles. The fourth-order valence-electron chi connectivity index (χ4n) is 3.99. The van der Waals surface area contributed by atoms with Gasteiger partial charge in [-0.25, -0.2) is 19.0 Å². The molecule has 2 N–H and O–H groups in total. The Morgan fingerprint density at radius 1 is 1.13 bits per heavy atom. The third-order valence-corrected chi connectivity index (χ3v) is 6.41. The van der Waals surface area contributed by atoms with Gasteiger partial charge in [-0.2, -0.15) is 27.1 Å². The summed E-state index contributed by atoms with van der Waals surface area (Å²) in [4.78, 5) is 20.6. The summed E-state index contributed by atoms with van der Waals surface area (Å²) in [5, 5.41) is 12.2.